The van der Waals surface area contributed by atoms with Crippen molar-refractivity contribution in [1.29, 1.82) is 0 Å². The number of carbonyl (C=O) groups is 1. The van der Waals surface area contributed by atoms with Gasteiger partial charge in [-0.3, -0.25) is 9.78 Å². The van der Waals surface area contributed by atoms with E-state index in [0.29, 0.717) is 23.7 Å². The summed E-state index contributed by atoms with van der Waals surface area (Å²) in [6.45, 7) is 10.3. The van der Waals surface area contributed by atoms with Crippen LogP contribution < -0.4 is 0 Å². The Morgan fingerprint density at radius 1 is 1.00 bits per heavy atom. The number of hydrogen-bond donors (Lipinski definition) is 1. The van der Waals surface area contributed by atoms with Crippen molar-refractivity contribution in [1.82, 2.24) is 4.98 Å². The summed E-state index contributed by atoms with van der Waals surface area (Å²) in [5.41, 5.74) is -0.245. The third kappa shape index (κ3) is 3.31. The third-order valence-corrected chi connectivity index (χ3v) is 11.1. The summed E-state index contributed by atoms with van der Waals surface area (Å²) < 4.78 is 19.1. The number of ether oxygens (including phenoxy) is 3. The molecule has 0 unspecified atom stereocenters. The maximum Gasteiger partial charge on any atom is 0.302 e. The maximum absolute atomic E-state index is 12.2. The highest BCUT2D eigenvalue weighted by Crippen LogP contribution is 2.71. The van der Waals surface area contributed by atoms with Crippen LogP contribution in [0.1, 0.15) is 85.3 Å². The first-order valence-electron chi connectivity index (χ1n) is 13.7. The summed E-state index contributed by atoms with van der Waals surface area (Å²) in [5, 5.41) is 12.2. The molecule has 4 saturated carbocycles. The first-order valence-corrected chi connectivity index (χ1v) is 13.7. The highest BCUT2D eigenvalue weighted by atomic mass is 16.8. The van der Waals surface area contributed by atoms with Crippen LogP contribution in [0.25, 0.3) is 0 Å². The van der Waals surface area contributed by atoms with E-state index in [1.165, 1.54) is 6.92 Å². The molecule has 192 valence electrons. The lowest BCUT2D eigenvalue weighted by atomic mass is 9.43. The fourth-order valence-electron chi connectivity index (χ4n) is 9.53. The molecule has 1 N–H and O–H groups in total. The van der Waals surface area contributed by atoms with Gasteiger partial charge in [-0.15, -0.1) is 0 Å². The minimum Gasteiger partial charge on any atom is -0.463 e. The van der Waals surface area contributed by atoms with Crippen molar-refractivity contribution in [2.45, 2.75) is 109 Å². The number of rotatable bonds is 2. The predicted octanol–water partition coefficient (Wildman–Crippen LogP) is 4.98. The van der Waals surface area contributed by atoms with Gasteiger partial charge in [0.2, 0.25) is 0 Å². The van der Waals surface area contributed by atoms with Gasteiger partial charge >= 0.3 is 5.97 Å². The number of carbonyl (C=O) groups excluding carboxylic acids is 1. The van der Waals surface area contributed by atoms with Crippen LogP contribution in [0.2, 0.25) is 0 Å². The molecule has 0 spiro atoms. The first kappa shape index (κ1) is 23.9. The fourth-order valence-corrected chi connectivity index (χ4v) is 9.53. The number of aromatic nitrogens is 1. The number of nitrogens with zero attached hydrogens (tertiary/aromatic N) is 1. The zero-order chi connectivity index (χ0) is 24.8. The monoisotopic (exact) mass is 483 g/mol. The zero-order valence-corrected chi connectivity index (χ0v) is 21.8. The summed E-state index contributed by atoms with van der Waals surface area (Å²) in [6.07, 6.45) is 8.34. The summed E-state index contributed by atoms with van der Waals surface area (Å²) in [6, 6.07) is 5.90. The van der Waals surface area contributed by atoms with E-state index in [1.807, 2.05) is 32.0 Å². The van der Waals surface area contributed by atoms with Crippen LogP contribution in [0.4, 0.5) is 0 Å². The smallest absolute Gasteiger partial charge is 0.302 e. The van der Waals surface area contributed by atoms with Gasteiger partial charge in [-0.05, 0) is 100 Å². The van der Waals surface area contributed by atoms with E-state index in [2.05, 4.69) is 18.8 Å². The van der Waals surface area contributed by atoms with E-state index in [0.717, 1.165) is 50.6 Å². The van der Waals surface area contributed by atoms with Crippen LogP contribution in [-0.4, -0.2) is 40.2 Å². The molecule has 1 aromatic heterocycles. The Bertz CT molecular complexity index is 998. The molecule has 1 aromatic rings. The van der Waals surface area contributed by atoms with Crippen LogP contribution in [0.15, 0.2) is 24.4 Å². The van der Waals surface area contributed by atoms with Crippen molar-refractivity contribution in [3.63, 3.8) is 0 Å². The predicted molar refractivity (Wildman–Crippen MR) is 130 cm³/mol. The van der Waals surface area contributed by atoms with Gasteiger partial charge in [-0.2, -0.15) is 0 Å². The van der Waals surface area contributed by atoms with Crippen molar-refractivity contribution in [3.05, 3.63) is 30.1 Å². The Labute approximate surface area is 209 Å². The second-order valence-electron chi connectivity index (χ2n) is 13.0. The molecule has 35 heavy (non-hydrogen) atoms. The quantitative estimate of drug-likeness (QED) is 0.598. The molecule has 0 amide bonds. The van der Waals surface area contributed by atoms with Crippen LogP contribution >= 0.6 is 0 Å². The number of esters is 1. The molecule has 0 aromatic carbocycles. The maximum atomic E-state index is 12.2. The number of hydrogen-bond acceptors (Lipinski definition) is 6. The summed E-state index contributed by atoms with van der Waals surface area (Å²) in [5.74, 6) is 0.666. The average molecular weight is 484 g/mol. The highest BCUT2D eigenvalue weighted by molar-refractivity contribution is 5.66. The van der Waals surface area contributed by atoms with E-state index in [-0.39, 0.29) is 35.1 Å². The Kier molecular flexibility index (Phi) is 5.29. The number of pyridine rings is 1. The van der Waals surface area contributed by atoms with Gasteiger partial charge in [0.25, 0.3) is 0 Å². The van der Waals surface area contributed by atoms with Crippen molar-refractivity contribution < 1.29 is 24.1 Å². The molecule has 4 aliphatic carbocycles. The molecule has 1 saturated heterocycles. The topological polar surface area (TPSA) is 77.9 Å². The lowest BCUT2D eigenvalue weighted by molar-refractivity contribution is -0.209. The minimum absolute atomic E-state index is 0.000129. The van der Waals surface area contributed by atoms with Crippen molar-refractivity contribution >= 4 is 5.97 Å². The Hall–Kier alpha value is -1.50. The van der Waals surface area contributed by atoms with E-state index >= 15 is 0 Å². The molecular formula is C29H41NO5. The second kappa shape index (κ2) is 7.75. The summed E-state index contributed by atoms with van der Waals surface area (Å²) in [4.78, 5) is 16.4. The normalized spacial score (nSPS) is 49.9. The SMILES string of the molecule is CC(=O)O[C@H]1CC[C@@]2(C)[C@H](C1)[C@H]1OC(C)(C)O[C@@H]1[C@@H]1[C@@H]2CC[C@@]2(C)[C@H]1CC[C@@]2(O)c1ccccn1. The van der Waals surface area contributed by atoms with Crippen LogP contribution in [0, 0.1) is 34.5 Å². The van der Waals surface area contributed by atoms with Crippen molar-refractivity contribution in [3.8, 4) is 0 Å². The van der Waals surface area contributed by atoms with Gasteiger partial charge in [0.05, 0.1) is 17.9 Å². The molecule has 5 aliphatic rings. The van der Waals surface area contributed by atoms with Crippen molar-refractivity contribution in [2.24, 2.45) is 34.5 Å². The van der Waals surface area contributed by atoms with Crippen molar-refractivity contribution in [2.75, 3.05) is 0 Å². The molecule has 0 bridgehead atoms. The molecular weight excluding hydrogens is 442 g/mol. The Morgan fingerprint density at radius 3 is 2.46 bits per heavy atom. The molecule has 0 radical (unpaired) electrons. The first-order chi connectivity index (χ1) is 16.5. The molecule has 6 rings (SSSR count). The lowest BCUT2D eigenvalue weighted by Crippen LogP contribution is -2.64. The number of fused-ring (bicyclic) bond motifs is 8. The van der Waals surface area contributed by atoms with E-state index < -0.39 is 11.4 Å². The van der Waals surface area contributed by atoms with Gasteiger partial charge in [0, 0.05) is 18.5 Å². The van der Waals surface area contributed by atoms with E-state index in [9.17, 15) is 9.90 Å². The van der Waals surface area contributed by atoms with Crippen LogP contribution in [-0.2, 0) is 24.6 Å². The highest BCUT2D eigenvalue weighted by Gasteiger charge is 2.71. The summed E-state index contributed by atoms with van der Waals surface area (Å²) >= 11 is 0. The molecule has 6 heteroatoms. The van der Waals surface area contributed by atoms with E-state index in [1.54, 1.807) is 6.20 Å². The Morgan fingerprint density at radius 2 is 1.74 bits per heavy atom. The molecule has 10 atom stereocenters. The Balaban J connectivity index is 1.39. The van der Waals surface area contributed by atoms with Gasteiger partial charge in [-0.1, -0.05) is 19.9 Å². The largest absolute Gasteiger partial charge is 0.463 e. The average Bonchev–Trinajstić information content (AvgIpc) is 3.28. The van der Waals surface area contributed by atoms with Gasteiger partial charge < -0.3 is 19.3 Å². The molecule has 6 nitrogen and oxygen atoms in total. The zero-order valence-electron chi connectivity index (χ0n) is 21.8. The van der Waals surface area contributed by atoms with Gasteiger partial charge in [0.1, 0.15) is 11.7 Å². The van der Waals surface area contributed by atoms with Crippen LogP contribution in [0.5, 0.6) is 0 Å². The third-order valence-electron chi connectivity index (χ3n) is 11.1. The molecule has 5 fully saturated rings. The second-order valence-corrected chi connectivity index (χ2v) is 13.0. The molecule has 2 heterocycles. The minimum atomic E-state index is -0.918. The van der Waals surface area contributed by atoms with Gasteiger partial charge in [0.15, 0.2) is 5.79 Å². The van der Waals surface area contributed by atoms with Crippen LogP contribution in [0.3, 0.4) is 0 Å². The van der Waals surface area contributed by atoms with E-state index in [4.69, 9.17) is 14.2 Å². The molecule has 1 aliphatic heterocycles. The summed E-state index contributed by atoms with van der Waals surface area (Å²) in [7, 11) is 0. The standard InChI is InChI=1S/C29H41NO5/c1-17(31)33-18-9-12-27(4)19-10-13-28(5)20(11-14-29(28,32)22-8-6-7-15-30-22)23(19)25-24(21(27)16-18)34-26(2,3)35-25/h6-8,15,18-21,23-25,32H,9-14,16H2,1-5H3/t18-,19-,20-,21+,23+,24+,25+,27+,28-,29+/m0/s1. The number of aliphatic hydroxyl groups is 1. The fraction of sp³-hybridized carbons (Fsp3) is 0.793. The van der Waals surface area contributed by atoms with Gasteiger partial charge in [-0.25, -0.2) is 0 Å². The lowest BCUT2D eigenvalue weighted by Gasteiger charge is -2.63.